The molecule has 5 aromatic rings. The molecule has 0 aliphatic rings. The number of hydrogen-bond donors (Lipinski definition) is 0. The Hall–Kier alpha value is -4.02. The average molecular weight is 447 g/mol. The highest BCUT2D eigenvalue weighted by Gasteiger charge is 2.21. The van der Waals surface area contributed by atoms with Gasteiger partial charge in [0, 0.05) is 21.5 Å². The van der Waals surface area contributed by atoms with E-state index in [9.17, 15) is 10.5 Å². The molecule has 5 aromatic carbocycles. The molecule has 4 nitrogen and oxygen atoms in total. The average Bonchev–Trinajstić information content (AvgIpc) is 2.84. The lowest BCUT2D eigenvalue weighted by molar-refractivity contribution is 0.274. The zero-order valence-corrected chi connectivity index (χ0v) is 19.9. The summed E-state index contributed by atoms with van der Waals surface area (Å²) in [4.78, 5) is 0. The Morgan fingerprint density at radius 3 is 1.24 bits per heavy atom. The number of nitrogens with zero attached hydrogens (tertiary/aromatic N) is 2. The van der Waals surface area contributed by atoms with Crippen molar-refractivity contribution in [1.29, 1.82) is 10.5 Å². The van der Waals surface area contributed by atoms with Crippen LogP contribution in [0.15, 0.2) is 48.5 Å². The van der Waals surface area contributed by atoms with E-state index in [1.165, 1.54) is 0 Å². The topological polar surface area (TPSA) is 66.0 Å². The summed E-state index contributed by atoms with van der Waals surface area (Å²) < 4.78 is 12.3. The third kappa shape index (κ3) is 3.35. The first-order valence-electron chi connectivity index (χ1n) is 11.7. The monoisotopic (exact) mass is 446 g/mol. The minimum atomic E-state index is 0.375. The fourth-order valence-corrected chi connectivity index (χ4v) is 4.77. The van der Waals surface area contributed by atoms with Gasteiger partial charge in [-0.05, 0) is 57.6 Å². The summed E-state index contributed by atoms with van der Waals surface area (Å²) in [6.45, 7) is 9.60. The highest BCUT2D eigenvalue weighted by molar-refractivity contribution is 6.35. The molecule has 0 saturated heterocycles. The van der Waals surface area contributed by atoms with E-state index in [-0.39, 0.29) is 0 Å². The van der Waals surface area contributed by atoms with Crippen molar-refractivity contribution >= 4 is 43.1 Å². The van der Waals surface area contributed by atoms with Crippen molar-refractivity contribution in [3.63, 3.8) is 0 Å². The molecule has 0 aliphatic carbocycles. The summed E-state index contributed by atoms with van der Waals surface area (Å²) in [5.74, 6) is 2.21. The van der Waals surface area contributed by atoms with Crippen molar-refractivity contribution in [2.75, 3.05) is 13.2 Å². The molecule has 5 rings (SSSR count). The minimum absolute atomic E-state index is 0.375. The first-order chi connectivity index (χ1) is 16.4. The van der Waals surface area contributed by atoms with E-state index in [4.69, 9.17) is 9.47 Å². The number of benzene rings is 5. The molecule has 0 bridgehead atoms. The standard InChI is InChI=1S/C30H26N2O2/c1-17(2)15-33-25-11-9-23-22-8-6-20(14-32)28-26(34-16-18(3)4)12-10-24(30(22)28)21-7-5-19(13-31)27(25)29(21)23/h5-12,17-18H,15-16H2,1-4H3. The van der Waals surface area contributed by atoms with Gasteiger partial charge in [-0.1, -0.05) is 52.0 Å². The van der Waals surface area contributed by atoms with Crippen LogP contribution in [0.3, 0.4) is 0 Å². The third-order valence-corrected chi connectivity index (χ3v) is 6.21. The van der Waals surface area contributed by atoms with Crippen LogP contribution in [0.4, 0.5) is 0 Å². The maximum Gasteiger partial charge on any atom is 0.128 e. The predicted octanol–water partition coefficient (Wildman–Crippen LogP) is 7.55. The van der Waals surface area contributed by atoms with Crippen molar-refractivity contribution in [2.24, 2.45) is 11.8 Å². The van der Waals surface area contributed by atoms with E-state index >= 15 is 0 Å². The summed E-state index contributed by atoms with van der Waals surface area (Å²) in [5, 5.41) is 27.7. The van der Waals surface area contributed by atoms with E-state index in [0.717, 1.165) is 54.6 Å². The van der Waals surface area contributed by atoms with E-state index in [1.54, 1.807) is 0 Å². The van der Waals surface area contributed by atoms with E-state index in [2.05, 4.69) is 52.0 Å². The molecule has 0 amide bonds. The highest BCUT2D eigenvalue weighted by Crippen LogP contribution is 2.46. The van der Waals surface area contributed by atoms with Crippen LogP contribution in [0.25, 0.3) is 43.1 Å². The molecule has 0 fully saturated rings. The molecular formula is C30H26N2O2. The Labute approximate surface area is 199 Å². The molecule has 0 N–H and O–H groups in total. The Bertz CT molecular complexity index is 1490. The molecule has 0 atom stereocenters. The second-order valence-corrected chi connectivity index (χ2v) is 9.68. The largest absolute Gasteiger partial charge is 0.493 e. The van der Waals surface area contributed by atoms with Gasteiger partial charge in [-0.25, -0.2) is 0 Å². The number of rotatable bonds is 6. The zero-order valence-electron chi connectivity index (χ0n) is 19.9. The van der Waals surface area contributed by atoms with Crippen LogP contribution < -0.4 is 9.47 Å². The van der Waals surface area contributed by atoms with Gasteiger partial charge in [0.25, 0.3) is 0 Å². The Balaban J connectivity index is 1.93. The molecule has 0 heterocycles. The first kappa shape index (κ1) is 21.8. The Morgan fingerprint density at radius 1 is 0.559 bits per heavy atom. The van der Waals surface area contributed by atoms with Crippen molar-refractivity contribution < 1.29 is 9.47 Å². The fraction of sp³-hybridized carbons (Fsp3) is 0.267. The van der Waals surface area contributed by atoms with Gasteiger partial charge in [-0.15, -0.1) is 0 Å². The zero-order chi connectivity index (χ0) is 24.0. The third-order valence-electron chi connectivity index (χ3n) is 6.21. The van der Waals surface area contributed by atoms with Gasteiger partial charge in [0.1, 0.15) is 11.5 Å². The Morgan fingerprint density at radius 2 is 0.912 bits per heavy atom. The number of fused-ring (bicyclic) bond motifs is 2. The lowest BCUT2D eigenvalue weighted by atomic mass is 9.87. The smallest absolute Gasteiger partial charge is 0.128 e. The molecule has 168 valence electrons. The predicted molar refractivity (Wildman–Crippen MR) is 138 cm³/mol. The lowest BCUT2D eigenvalue weighted by Gasteiger charge is -2.20. The van der Waals surface area contributed by atoms with Crippen LogP contribution in [0.1, 0.15) is 38.8 Å². The molecular weight excluding hydrogens is 420 g/mol. The number of hydrogen-bond acceptors (Lipinski definition) is 4. The van der Waals surface area contributed by atoms with Crippen LogP contribution in [0.2, 0.25) is 0 Å². The fourth-order valence-electron chi connectivity index (χ4n) is 4.77. The summed E-state index contributed by atoms with van der Waals surface area (Å²) >= 11 is 0. The highest BCUT2D eigenvalue weighted by atomic mass is 16.5. The van der Waals surface area contributed by atoms with Gasteiger partial charge in [0.15, 0.2) is 0 Å². The van der Waals surface area contributed by atoms with Gasteiger partial charge in [0.2, 0.25) is 0 Å². The minimum Gasteiger partial charge on any atom is -0.493 e. The normalized spacial score (nSPS) is 11.6. The van der Waals surface area contributed by atoms with Gasteiger partial charge >= 0.3 is 0 Å². The molecule has 0 saturated carbocycles. The molecule has 0 aromatic heterocycles. The Kier molecular flexibility index (Phi) is 5.39. The first-order valence-corrected chi connectivity index (χ1v) is 11.7. The second-order valence-electron chi connectivity index (χ2n) is 9.68. The van der Waals surface area contributed by atoms with Gasteiger partial charge in [-0.3, -0.25) is 0 Å². The second kappa shape index (κ2) is 8.40. The lowest BCUT2D eigenvalue weighted by Crippen LogP contribution is -2.06. The van der Waals surface area contributed by atoms with Gasteiger partial charge in [-0.2, -0.15) is 10.5 Å². The molecule has 0 aliphatic heterocycles. The summed E-state index contributed by atoms with van der Waals surface area (Å²) in [6.07, 6.45) is 0. The summed E-state index contributed by atoms with van der Waals surface area (Å²) in [6, 6.07) is 20.6. The molecule has 0 unspecified atom stereocenters. The maximum atomic E-state index is 9.91. The van der Waals surface area contributed by atoms with Crippen LogP contribution >= 0.6 is 0 Å². The van der Waals surface area contributed by atoms with Crippen molar-refractivity contribution in [2.45, 2.75) is 27.7 Å². The molecule has 4 heteroatoms. The molecule has 0 radical (unpaired) electrons. The van der Waals surface area contributed by atoms with Crippen molar-refractivity contribution in [3.05, 3.63) is 59.7 Å². The van der Waals surface area contributed by atoms with Crippen LogP contribution in [0, 0.1) is 34.5 Å². The van der Waals surface area contributed by atoms with E-state index in [0.29, 0.717) is 36.2 Å². The van der Waals surface area contributed by atoms with Crippen molar-refractivity contribution in [1.82, 2.24) is 0 Å². The number of nitriles is 2. The van der Waals surface area contributed by atoms with Crippen LogP contribution in [-0.2, 0) is 0 Å². The van der Waals surface area contributed by atoms with Crippen LogP contribution in [-0.4, -0.2) is 13.2 Å². The quantitative estimate of drug-likeness (QED) is 0.199. The van der Waals surface area contributed by atoms with Crippen molar-refractivity contribution in [3.8, 4) is 23.6 Å². The SMILES string of the molecule is CC(C)COc1ccc2c3ccc(C#N)c4c(OCC(C)C)ccc(c5ccc(C#N)c1c52)c43. The van der Waals surface area contributed by atoms with E-state index < -0.39 is 0 Å². The summed E-state index contributed by atoms with van der Waals surface area (Å²) in [7, 11) is 0. The summed E-state index contributed by atoms with van der Waals surface area (Å²) in [5.41, 5.74) is 1.20. The molecule has 34 heavy (non-hydrogen) atoms. The molecule has 0 spiro atoms. The van der Waals surface area contributed by atoms with E-state index in [1.807, 2.05) is 36.4 Å². The maximum absolute atomic E-state index is 9.91. The number of ether oxygens (including phenoxy) is 2. The van der Waals surface area contributed by atoms with Gasteiger partial charge in [0.05, 0.1) is 36.5 Å². The van der Waals surface area contributed by atoms with Crippen LogP contribution in [0.5, 0.6) is 11.5 Å². The van der Waals surface area contributed by atoms with Gasteiger partial charge < -0.3 is 9.47 Å².